The van der Waals surface area contributed by atoms with Gasteiger partial charge in [-0.15, -0.1) is 0 Å². The van der Waals surface area contributed by atoms with E-state index in [0.717, 1.165) is 50.1 Å². The molecule has 146 valence electrons. The maximum atomic E-state index is 12.7. The van der Waals surface area contributed by atoms with E-state index in [2.05, 4.69) is 15.5 Å². The number of carbonyl (C=O) groups is 2. The maximum Gasteiger partial charge on any atom is 0.224 e. The highest BCUT2D eigenvalue weighted by Crippen LogP contribution is 2.34. The molecule has 2 unspecified atom stereocenters. The number of amides is 2. The SMILES string of the molecule is NC(=O)C1CCN(c2ccccc2NC(=O)CC2CC3CCC(C2)N3)CC1. The Kier molecular flexibility index (Phi) is 5.34. The normalized spacial score (nSPS) is 28.1. The van der Waals surface area contributed by atoms with Crippen LogP contribution in [0.15, 0.2) is 24.3 Å². The molecule has 3 saturated heterocycles. The van der Waals surface area contributed by atoms with Crippen LogP contribution in [-0.4, -0.2) is 37.0 Å². The van der Waals surface area contributed by atoms with Crippen LogP contribution in [0.4, 0.5) is 11.4 Å². The van der Waals surface area contributed by atoms with Gasteiger partial charge in [-0.3, -0.25) is 9.59 Å². The molecule has 6 heteroatoms. The van der Waals surface area contributed by atoms with Crippen LogP contribution in [-0.2, 0) is 9.59 Å². The average molecular weight is 370 g/mol. The van der Waals surface area contributed by atoms with E-state index in [9.17, 15) is 9.59 Å². The Hall–Kier alpha value is -2.08. The predicted molar refractivity (Wildman–Crippen MR) is 106 cm³/mol. The summed E-state index contributed by atoms with van der Waals surface area (Å²) in [5.74, 6) is 0.369. The van der Waals surface area contributed by atoms with Crippen molar-refractivity contribution in [2.24, 2.45) is 17.6 Å². The minimum atomic E-state index is -0.202. The third-order valence-corrected chi connectivity index (χ3v) is 6.46. The van der Waals surface area contributed by atoms with Crippen LogP contribution in [0, 0.1) is 11.8 Å². The minimum absolute atomic E-state index is 0.0294. The van der Waals surface area contributed by atoms with Crippen molar-refractivity contribution in [1.29, 1.82) is 0 Å². The van der Waals surface area contributed by atoms with Gasteiger partial charge in [0.05, 0.1) is 11.4 Å². The predicted octanol–water partition coefficient (Wildman–Crippen LogP) is 2.25. The summed E-state index contributed by atoms with van der Waals surface area (Å²) in [6.45, 7) is 1.58. The van der Waals surface area contributed by atoms with Crippen molar-refractivity contribution in [3.05, 3.63) is 24.3 Å². The van der Waals surface area contributed by atoms with Crippen LogP contribution in [0.5, 0.6) is 0 Å². The number of rotatable bonds is 5. The summed E-state index contributed by atoms with van der Waals surface area (Å²) in [7, 11) is 0. The fourth-order valence-corrected chi connectivity index (χ4v) is 5.07. The van der Waals surface area contributed by atoms with Gasteiger partial charge in [0.15, 0.2) is 0 Å². The number of piperidine rings is 2. The van der Waals surface area contributed by atoms with Gasteiger partial charge >= 0.3 is 0 Å². The summed E-state index contributed by atoms with van der Waals surface area (Å²) in [4.78, 5) is 26.3. The molecule has 4 N–H and O–H groups in total. The van der Waals surface area contributed by atoms with Crippen LogP contribution in [0.2, 0.25) is 0 Å². The monoisotopic (exact) mass is 370 g/mol. The van der Waals surface area contributed by atoms with Gasteiger partial charge in [0.25, 0.3) is 0 Å². The van der Waals surface area contributed by atoms with Crippen molar-refractivity contribution in [2.75, 3.05) is 23.3 Å². The molecule has 6 nitrogen and oxygen atoms in total. The molecule has 1 aromatic rings. The third kappa shape index (κ3) is 4.26. The summed E-state index contributed by atoms with van der Waals surface area (Å²) in [5.41, 5.74) is 7.35. The zero-order valence-electron chi connectivity index (χ0n) is 15.8. The molecule has 27 heavy (non-hydrogen) atoms. The van der Waals surface area contributed by atoms with Crippen LogP contribution in [0.25, 0.3) is 0 Å². The highest BCUT2D eigenvalue weighted by Gasteiger charge is 2.34. The van der Waals surface area contributed by atoms with E-state index in [-0.39, 0.29) is 17.7 Å². The van der Waals surface area contributed by atoms with E-state index >= 15 is 0 Å². The Morgan fingerprint density at radius 3 is 2.41 bits per heavy atom. The Balaban J connectivity index is 1.36. The fraction of sp³-hybridized carbons (Fsp3) is 0.619. The Labute approximate surface area is 160 Å². The lowest BCUT2D eigenvalue weighted by atomic mass is 9.89. The van der Waals surface area contributed by atoms with Gasteiger partial charge in [-0.1, -0.05) is 12.1 Å². The molecule has 0 aliphatic carbocycles. The van der Waals surface area contributed by atoms with E-state index in [1.165, 1.54) is 12.8 Å². The van der Waals surface area contributed by atoms with Crippen LogP contribution in [0.3, 0.4) is 0 Å². The summed E-state index contributed by atoms with van der Waals surface area (Å²) in [5, 5.41) is 6.78. The number of nitrogens with one attached hydrogen (secondary N) is 2. The van der Waals surface area contributed by atoms with Crippen molar-refractivity contribution in [3.8, 4) is 0 Å². The van der Waals surface area contributed by atoms with E-state index in [1.807, 2.05) is 24.3 Å². The fourth-order valence-electron chi connectivity index (χ4n) is 5.07. The Morgan fingerprint density at radius 1 is 1.07 bits per heavy atom. The van der Waals surface area contributed by atoms with Gasteiger partial charge in [-0.25, -0.2) is 0 Å². The zero-order chi connectivity index (χ0) is 18.8. The van der Waals surface area contributed by atoms with Gasteiger partial charge in [0.1, 0.15) is 0 Å². The Morgan fingerprint density at radius 2 is 1.74 bits per heavy atom. The van der Waals surface area contributed by atoms with Crippen molar-refractivity contribution >= 4 is 23.2 Å². The number of primary amides is 1. The van der Waals surface area contributed by atoms with E-state index in [0.29, 0.717) is 24.4 Å². The highest BCUT2D eigenvalue weighted by molar-refractivity contribution is 5.94. The number of benzene rings is 1. The largest absolute Gasteiger partial charge is 0.370 e. The molecule has 3 fully saturated rings. The second-order valence-electron chi connectivity index (χ2n) is 8.41. The first-order valence-corrected chi connectivity index (χ1v) is 10.3. The van der Waals surface area contributed by atoms with Crippen LogP contribution < -0.4 is 21.3 Å². The Bertz CT molecular complexity index is 687. The molecule has 1 aromatic carbocycles. The maximum absolute atomic E-state index is 12.7. The first-order valence-electron chi connectivity index (χ1n) is 10.3. The number of carbonyl (C=O) groups excluding carboxylic acids is 2. The van der Waals surface area contributed by atoms with Crippen molar-refractivity contribution in [3.63, 3.8) is 0 Å². The standard InChI is InChI=1S/C21H30N4O2/c22-21(27)15-7-9-25(10-8-15)19-4-2-1-3-18(19)24-20(26)13-14-11-16-5-6-17(12-14)23-16/h1-4,14-17,23H,5-13H2,(H2,22,27)(H,24,26). The van der Waals surface area contributed by atoms with Crippen LogP contribution >= 0.6 is 0 Å². The summed E-state index contributed by atoms with van der Waals surface area (Å²) in [6, 6.07) is 9.20. The summed E-state index contributed by atoms with van der Waals surface area (Å²) >= 11 is 0. The second-order valence-corrected chi connectivity index (χ2v) is 8.41. The number of para-hydroxylation sites is 2. The topological polar surface area (TPSA) is 87.5 Å². The number of anilines is 2. The number of nitrogens with zero attached hydrogens (tertiary/aromatic N) is 1. The van der Waals surface area contributed by atoms with Crippen LogP contribution in [0.1, 0.15) is 44.9 Å². The summed E-state index contributed by atoms with van der Waals surface area (Å²) in [6.07, 6.45) is 6.90. The first kappa shape index (κ1) is 18.3. The van der Waals surface area contributed by atoms with Gasteiger partial charge in [0.2, 0.25) is 11.8 Å². The van der Waals surface area contributed by atoms with Crippen molar-refractivity contribution in [2.45, 2.75) is 57.0 Å². The van der Waals surface area contributed by atoms with Crippen molar-refractivity contribution < 1.29 is 9.59 Å². The van der Waals surface area contributed by atoms with Gasteiger partial charge in [0, 0.05) is 37.5 Å². The quantitative estimate of drug-likeness (QED) is 0.742. The molecular weight excluding hydrogens is 340 g/mol. The molecule has 0 aromatic heterocycles. The molecule has 0 saturated carbocycles. The molecule has 2 amide bonds. The molecular formula is C21H30N4O2. The van der Waals surface area contributed by atoms with E-state index in [4.69, 9.17) is 5.73 Å². The smallest absolute Gasteiger partial charge is 0.224 e. The van der Waals surface area contributed by atoms with Gasteiger partial charge in [-0.2, -0.15) is 0 Å². The lowest BCUT2D eigenvalue weighted by molar-refractivity contribution is -0.122. The second kappa shape index (κ2) is 7.89. The number of fused-ring (bicyclic) bond motifs is 2. The molecule has 4 rings (SSSR count). The van der Waals surface area contributed by atoms with Crippen molar-refractivity contribution in [1.82, 2.24) is 5.32 Å². The summed E-state index contributed by atoms with van der Waals surface area (Å²) < 4.78 is 0. The number of hydrogen-bond donors (Lipinski definition) is 3. The lowest BCUT2D eigenvalue weighted by Crippen LogP contribution is -2.39. The zero-order valence-corrected chi connectivity index (χ0v) is 15.8. The van der Waals surface area contributed by atoms with E-state index < -0.39 is 0 Å². The number of hydrogen-bond acceptors (Lipinski definition) is 4. The van der Waals surface area contributed by atoms with Gasteiger partial charge in [-0.05, 0) is 56.6 Å². The first-order chi connectivity index (χ1) is 13.1. The molecule has 3 aliphatic rings. The molecule has 3 aliphatic heterocycles. The molecule has 0 radical (unpaired) electrons. The minimum Gasteiger partial charge on any atom is -0.370 e. The average Bonchev–Trinajstić information content (AvgIpc) is 3.00. The molecule has 2 bridgehead atoms. The molecule has 0 spiro atoms. The highest BCUT2D eigenvalue weighted by atomic mass is 16.2. The lowest BCUT2D eigenvalue weighted by Gasteiger charge is -2.33. The number of nitrogens with two attached hydrogens (primary N) is 1. The molecule has 3 heterocycles. The third-order valence-electron chi connectivity index (χ3n) is 6.46. The van der Waals surface area contributed by atoms with E-state index in [1.54, 1.807) is 0 Å². The van der Waals surface area contributed by atoms with Gasteiger partial charge < -0.3 is 21.3 Å². The molecule has 2 atom stereocenters.